The third-order valence-corrected chi connectivity index (χ3v) is 5.34. The molecule has 5 rings (SSSR count). The highest BCUT2D eigenvalue weighted by Gasteiger charge is 2.14. The first-order chi connectivity index (χ1) is 14.7. The molecule has 1 aromatic carbocycles. The van der Waals surface area contributed by atoms with E-state index >= 15 is 0 Å². The van der Waals surface area contributed by atoms with Crippen LogP contribution in [0.1, 0.15) is 0 Å². The molecule has 2 N–H and O–H groups in total. The number of aromatic amines is 1. The van der Waals surface area contributed by atoms with E-state index in [9.17, 15) is 4.79 Å². The van der Waals surface area contributed by atoms with Gasteiger partial charge in [0.25, 0.3) is 5.56 Å². The first-order valence-corrected chi connectivity index (χ1v) is 9.88. The Labute approximate surface area is 173 Å². The summed E-state index contributed by atoms with van der Waals surface area (Å²) < 4.78 is 7.16. The average molecular weight is 402 g/mol. The zero-order valence-electron chi connectivity index (χ0n) is 16.6. The van der Waals surface area contributed by atoms with Crippen molar-refractivity contribution in [1.29, 1.82) is 0 Å². The number of nitrogens with one attached hydrogen (secondary N) is 2. The molecule has 4 heterocycles. The third-order valence-electron chi connectivity index (χ3n) is 5.34. The maximum Gasteiger partial charge on any atom is 0.259 e. The van der Waals surface area contributed by atoms with E-state index in [0.717, 1.165) is 54.2 Å². The van der Waals surface area contributed by atoms with Gasteiger partial charge in [0, 0.05) is 66.6 Å². The minimum atomic E-state index is -0.182. The maximum absolute atomic E-state index is 12.7. The van der Waals surface area contributed by atoms with Crippen molar-refractivity contribution in [3.05, 3.63) is 65.5 Å². The number of aryl methyl sites for hydroxylation is 1. The second-order valence-corrected chi connectivity index (χ2v) is 7.29. The van der Waals surface area contributed by atoms with Gasteiger partial charge in [-0.15, -0.1) is 0 Å². The second kappa shape index (κ2) is 7.64. The lowest BCUT2D eigenvalue weighted by atomic mass is 10.0. The molecule has 1 fully saturated rings. The van der Waals surface area contributed by atoms with Crippen molar-refractivity contribution in [2.45, 2.75) is 0 Å². The summed E-state index contributed by atoms with van der Waals surface area (Å²) in [5.41, 5.74) is 3.69. The summed E-state index contributed by atoms with van der Waals surface area (Å²) in [6.07, 6.45) is 7.14. The molecule has 4 aromatic rings. The van der Waals surface area contributed by atoms with Crippen LogP contribution in [0, 0.1) is 0 Å². The van der Waals surface area contributed by atoms with Crippen LogP contribution in [-0.4, -0.2) is 46.1 Å². The monoisotopic (exact) mass is 402 g/mol. The number of pyridine rings is 2. The van der Waals surface area contributed by atoms with Crippen LogP contribution in [0.2, 0.25) is 0 Å². The molecule has 0 unspecified atom stereocenters. The van der Waals surface area contributed by atoms with Crippen molar-refractivity contribution in [1.82, 2.24) is 19.7 Å². The van der Waals surface area contributed by atoms with Crippen molar-refractivity contribution >= 4 is 28.0 Å². The van der Waals surface area contributed by atoms with E-state index in [4.69, 9.17) is 4.74 Å². The summed E-state index contributed by atoms with van der Waals surface area (Å²) in [7, 11) is 1.87. The minimum Gasteiger partial charge on any atom is -0.378 e. The largest absolute Gasteiger partial charge is 0.378 e. The van der Waals surface area contributed by atoms with Gasteiger partial charge in [-0.1, -0.05) is 0 Å². The zero-order chi connectivity index (χ0) is 20.5. The lowest BCUT2D eigenvalue weighted by Crippen LogP contribution is -2.36. The van der Waals surface area contributed by atoms with Gasteiger partial charge in [0.2, 0.25) is 0 Å². The SMILES string of the molecule is Cn1cc(-c2c[nH]c(=O)c3c(Nc4ccc(N5CCOCC5)cc4)nccc23)cn1. The quantitative estimate of drug-likeness (QED) is 0.546. The summed E-state index contributed by atoms with van der Waals surface area (Å²) in [5, 5.41) is 8.90. The number of H-pyrrole nitrogens is 1. The summed E-state index contributed by atoms with van der Waals surface area (Å²) in [6, 6.07) is 10.0. The number of benzene rings is 1. The minimum absolute atomic E-state index is 0.182. The Kier molecular flexibility index (Phi) is 4.68. The van der Waals surface area contributed by atoms with Crippen LogP contribution < -0.4 is 15.8 Å². The highest BCUT2D eigenvalue weighted by atomic mass is 16.5. The molecule has 0 spiro atoms. The Morgan fingerprint density at radius 1 is 1.13 bits per heavy atom. The molecule has 1 aliphatic heterocycles. The standard InChI is InChI=1S/C22H22N6O2/c1-27-14-15(12-25-27)19-13-24-22(29)20-18(19)6-7-23-21(20)26-16-2-4-17(5-3-16)28-8-10-30-11-9-28/h2-7,12-14H,8-11H2,1H3,(H,23,26)(H,24,29). The Morgan fingerprint density at radius 3 is 2.67 bits per heavy atom. The third kappa shape index (κ3) is 3.42. The molecular weight excluding hydrogens is 380 g/mol. The van der Waals surface area contributed by atoms with Gasteiger partial charge in [-0.2, -0.15) is 5.10 Å². The highest BCUT2D eigenvalue weighted by molar-refractivity contribution is 6.01. The van der Waals surface area contributed by atoms with Crippen LogP contribution in [0.5, 0.6) is 0 Å². The van der Waals surface area contributed by atoms with Crippen molar-refractivity contribution in [3.8, 4) is 11.1 Å². The molecule has 0 saturated carbocycles. The van der Waals surface area contributed by atoms with Crippen LogP contribution in [0.3, 0.4) is 0 Å². The summed E-state index contributed by atoms with van der Waals surface area (Å²) in [6.45, 7) is 3.29. The number of fused-ring (bicyclic) bond motifs is 1. The first-order valence-electron chi connectivity index (χ1n) is 9.88. The second-order valence-electron chi connectivity index (χ2n) is 7.29. The van der Waals surface area contributed by atoms with E-state index in [1.165, 1.54) is 0 Å². The van der Waals surface area contributed by atoms with Gasteiger partial charge in [-0.3, -0.25) is 9.48 Å². The number of rotatable bonds is 4. The fourth-order valence-corrected chi connectivity index (χ4v) is 3.81. The molecule has 0 bridgehead atoms. The summed E-state index contributed by atoms with van der Waals surface area (Å²) in [4.78, 5) is 22.2. The van der Waals surface area contributed by atoms with Crippen LogP contribution >= 0.6 is 0 Å². The molecule has 30 heavy (non-hydrogen) atoms. The number of hydrogen-bond acceptors (Lipinski definition) is 6. The molecule has 1 saturated heterocycles. The number of aromatic nitrogens is 4. The van der Waals surface area contributed by atoms with Gasteiger partial charge < -0.3 is 19.9 Å². The zero-order valence-corrected chi connectivity index (χ0v) is 16.6. The van der Waals surface area contributed by atoms with Gasteiger partial charge in [0.05, 0.1) is 24.8 Å². The predicted molar refractivity (Wildman–Crippen MR) is 117 cm³/mol. The van der Waals surface area contributed by atoms with Gasteiger partial charge >= 0.3 is 0 Å². The van der Waals surface area contributed by atoms with Gasteiger partial charge in [-0.05, 0) is 30.3 Å². The molecule has 152 valence electrons. The lowest BCUT2D eigenvalue weighted by Gasteiger charge is -2.28. The molecule has 1 aliphatic rings. The fourth-order valence-electron chi connectivity index (χ4n) is 3.81. The number of hydrogen-bond donors (Lipinski definition) is 2. The van der Waals surface area contributed by atoms with Crippen LogP contribution in [0.4, 0.5) is 17.2 Å². The normalized spacial score (nSPS) is 14.2. The highest BCUT2D eigenvalue weighted by Crippen LogP contribution is 2.30. The van der Waals surface area contributed by atoms with Crippen molar-refractivity contribution in [2.24, 2.45) is 7.05 Å². The van der Waals surface area contributed by atoms with Crippen molar-refractivity contribution in [2.75, 3.05) is 36.5 Å². The number of morpholine rings is 1. The Hall–Kier alpha value is -3.65. The molecule has 8 heteroatoms. The lowest BCUT2D eigenvalue weighted by molar-refractivity contribution is 0.122. The van der Waals surface area contributed by atoms with E-state index < -0.39 is 0 Å². The molecule has 8 nitrogen and oxygen atoms in total. The van der Waals surface area contributed by atoms with E-state index in [1.54, 1.807) is 23.3 Å². The molecule has 3 aromatic heterocycles. The predicted octanol–water partition coefficient (Wildman–Crippen LogP) is 2.90. The Morgan fingerprint density at radius 2 is 1.93 bits per heavy atom. The number of nitrogens with zero attached hydrogens (tertiary/aromatic N) is 4. The molecule has 0 atom stereocenters. The van der Waals surface area contributed by atoms with E-state index in [2.05, 4.69) is 37.4 Å². The Balaban J connectivity index is 1.49. The van der Waals surface area contributed by atoms with Gasteiger partial charge in [-0.25, -0.2) is 4.98 Å². The van der Waals surface area contributed by atoms with Crippen molar-refractivity contribution in [3.63, 3.8) is 0 Å². The fraction of sp³-hybridized carbons (Fsp3) is 0.227. The smallest absolute Gasteiger partial charge is 0.259 e. The molecule has 0 aliphatic carbocycles. The topological polar surface area (TPSA) is 88.1 Å². The van der Waals surface area contributed by atoms with Crippen LogP contribution in [-0.2, 0) is 11.8 Å². The van der Waals surface area contributed by atoms with Crippen LogP contribution in [0.25, 0.3) is 21.9 Å². The molecule has 0 radical (unpaired) electrons. The van der Waals surface area contributed by atoms with Gasteiger partial charge in [0.1, 0.15) is 5.82 Å². The van der Waals surface area contributed by atoms with E-state index in [-0.39, 0.29) is 5.56 Å². The van der Waals surface area contributed by atoms with E-state index in [1.807, 2.05) is 31.4 Å². The van der Waals surface area contributed by atoms with Crippen molar-refractivity contribution < 1.29 is 4.74 Å². The first kappa shape index (κ1) is 18.4. The molecular formula is C22H22N6O2. The number of ether oxygens (including phenoxy) is 1. The molecule has 0 amide bonds. The average Bonchev–Trinajstić information content (AvgIpc) is 3.21. The maximum atomic E-state index is 12.7. The summed E-state index contributed by atoms with van der Waals surface area (Å²) >= 11 is 0. The Bertz CT molecular complexity index is 1240. The van der Waals surface area contributed by atoms with Gasteiger partial charge in [0.15, 0.2) is 0 Å². The van der Waals surface area contributed by atoms with Crippen LogP contribution in [0.15, 0.2) is 59.9 Å². The van der Waals surface area contributed by atoms with E-state index in [0.29, 0.717) is 11.2 Å². The summed E-state index contributed by atoms with van der Waals surface area (Å²) in [5.74, 6) is 0.526. The number of anilines is 3.